The van der Waals surface area contributed by atoms with Crippen molar-refractivity contribution in [2.45, 2.75) is 20.4 Å². The molecule has 114 valence electrons. The maximum atomic E-state index is 5.08. The Morgan fingerprint density at radius 1 is 1.19 bits per heavy atom. The van der Waals surface area contributed by atoms with Crippen LogP contribution in [-0.4, -0.2) is 38.3 Å². The fourth-order valence-corrected chi connectivity index (χ4v) is 2.47. The Morgan fingerprint density at radius 2 is 1.95 bits per heavy atom. The van der Waals surface area contributed by atoms with Crippen molar-refractivity contribution in [1.29, 1.82) is 0 Å². The van der Waals surface area contributed by atoms with E-state index < -0.39 is 0 Å². The predicted molar refractivity (Wildman–Crippen MR) is 88.9 cm³/mol. The van der Waals surface area contributed by atoms with Crippen molar-refractivity contribution in [2.75, 3.05) is 38.3 Å². The molecule has 0 saturated heterocycles. The highest BCUT2D eigenvalue weighted by Crippen LogP contribution is 2.23. The smallest absolute Gasteiger partial charge is 0.133 e. The normalized spacial score (nSPS) is 11.0. The van der Waals surface area contributed by atoms with Gasteiger partial charge >= 0.3 is 0 Å². The van der Waals surface area contributed by atoms with Crippen molar-refractivity contribution in [3.05, 3.63) is 35.9 Å². The van der Waals surface area contributed by atoms with Crippen molar-refractivity contribution in [3.8, 4) is 0 Å². The molecule has 1 N–H and O–H groups in total. The van der Waals surface area contributed by atoms with E-state index in [0.29, 0.717) is 0 Å². The molecule has 0 unspecified atom stereocenters. The van der Waals surface area contributed by atoms with Gasteiger partial charge in [-0.25, -0.2) is 4.98 Å². The summed E-state index contributed by atoms with van der Waals surface area (Å²) in [7, 11) is 1.72. The number of hydrogen-bond donors (Lipinski definition) is 1. The first-order valence-corrected chi connectivity index (χ1v) is 7.63. The number of nitrogens with zero attached hydrogens (tertiary/aromatic N) is 2. The van der Waals surface area contributed by atoms with Gasteiger partial charge in [-0.3, -0.25) is 0 Å². The third-order valence-electron chi connectivity index (χ3n) is 3.64. The number of para-hydroxylation sites is 1. The summed E-state index contributed by atoms with van der Waals surface area (Å²) in [5, 5.41) is 4.61. The Bertz CT molecular complexity index is 567. The molecule has 0 aliphatic rings. The van der Waals surface area contributed by atoms with Gasteiger partial charge in [0, 0.05) is 44.2 Å². The molecule has 4 heteroatoms. The fourth-order valence-electron chi connectivity index (χ4n) is 2.47. The SMILES string of the molecule is CCN(CC)c1nc2ccccc2cc1CNCCOC. The van der Waals surface area contributed by atoms with Gasteiger partial charge in [0.2, 0.25) is 0 Å². The molecule has 0 radical (unpaired) electrons. The Kier molecular flexibility index (Phi) is 5.96. The number of methoxy groups -OCH3 is 1. The Hall–Kier alpha value is -1.65. The number of anilines is 1. The van der Waals surface area contributed by atoms with Gasteiger partial charge in [0.25, 0.3) is 0 Å². The second-order valence-corrected chi connectivity index (χ2v) is 5.01. The van der Waals surface area contributed by atoms with Gasteiger partial charge in [0.1, 0.15) is 5.82 Å². The molecule has 1 aromatic carbocycles. The molecule has 0 saturated carbocycles. The van der Waals surface area contributed by atoms with E-state index in [4.69, 9.17) is 9.72 Å². The van der Waals surface area contributed by atoms with E-state index in [1.165, 1.54) is 10.9 Å². The second kappa shape index (κ2) is 7.96. The molecule has 0 spiro atoms. The summed E-state index contributed by atoms with van der Waals surface area (Å²) in [6.45, 7) is 8.65. The summed E-state index contributed by atoms with van der Waals surface area (Å²) in [6.07, 6.45) is 0. The summed E-state index contributed by atoms with van der Waals surface area (Å²) in [6, 6.07) is 10.5. The van der Waals surface area contributed by atoms with Gasteiger partial charge < -0.3 is 15.0 Å². The largest absolute Gasteiger partial charge is 0.383 e. The van der Waals surface area contributed by atoms with E-state index in [2.05, 4.69) is 48.3 Å². The van der Waals surface area contributed by atoms with Crippen LogP contribution in [0.5, 0.6) is 0 Å². The van der Waals surface area contributed by atoms with Crippen molar-refractivity contribution in [3.63, 3.8) is 0 Å². The van der Waals surface area contributed by atoms with Crippen LogP contribution in [0.2, 0.25) is 0 Å². The first-order chi connectivity index (χ1) is 10.3. The van der Waals surface area contributed by atoms with E-state index in [9.17, 15) is 0 Å². The van der Waals surface area contributed by atoms with Gasteiger partial charge in [-0.05, 0) is 26.0 Å². The molecule has 2 aromatic rings. The van der Waals surface area contributed by atoms with Crippen LogP contribution >= 0.6 is 0 Å². The number of aromatic nitrogens is 1. The molecule has 1 heterocycles. The van der Waals surface area contributed by atoms with Crippen LogP contribution in [0.15, 0.2) is 30.3 Å². The number of nitrogens with one attached hydrogen (secondary N) is 1. The van der Waals surface area contributed by atoms with Crippen LogP contribution in [0.4, 0.5) is 5.82 Å². The summed E-state index contributed by atoms with van der Waals surface area (Å²) in [4.78, 5) is 7.18. The van der Waals surface area contributed by atoms with Crippen molar-refractivity contribution in [2.24, 2.45) is 0 Å². The minimum absolute atomic E-state index is 0.724. The van der Waals surface area contributed by atoms with Crippen LogP contribution in [0.1, 0.15) is 19.4 Å². The molecule has 21 heavy (non-hydrogen) atoms. The molecule has 0 aliphatic carbocycles. The lowest BCUT2D eigenvalue weighted by Crippen LogP contribution is -2.26. The van der Waals surface area contributed by atoms with Crippen LogP contribution in [-0.2, 0) is 11.3 Å². The monoisotopic (exact) mass is 287 g/mol. The van der Waals surface area contributed by atoms with E-state index in [1.54, 1.807) is 7.11 Å². The molecule has 0 fully saturated rings. The predicted octanol–water partition coefficient (Wildman–Crippen LogP) is 2.82. The van der Waals surface area contributed by atoms with E-state index in [1.807, 2.05) is 6.07 Å². The van der Waals surface area contributed by atoms with Gasteiger partial charge in [0.05, 0.1) is 12.1 Å². The molecule has 0 bridgehead atoms. The van der Waals surface area contributed by atoms with Gasteiger partial charge in [-0.1, -0.05) is 18.2 Å². The average molecular weight is 287 g/mol. The summed E-state index contributed by atoms with van der Waals surface area (Å²) >= 11 is 0. The number of benzene rings is 1. The number of ether oxygens (including phenoxy) is 1. The Labute approximate surface area is 127 Å². The van der Waals surface area contributed by atoms with Crippen LogP contribution in [0.25, 0.3) is 10.9 Å². The Balaban J connectivity index is 2.31. The molecule has 0 atom stereocenters. The number of rotatable bonds is 8. The lowest BCUT2D eigenvalue weighted by Gasteiger charge is -2.23. The zero-order valence-corrected chi connectivity index (χ0v) is 13.2. The number of hydrogen-bond acceptors (Lipinski definition) is 4. The number of pyridine rings is 1. The van der Waals surface area contributed by atoms with Crippen LogP contribution in [0, 0.1) is 0 Å². The highest BCUT2D eigenvalue weighted by atomic mass is 16.5. The Morgan fingerprint density at radius 3 is 2.67 bits per heavy atom. The van der Waals surface area contributed by atoms with Crippen molar-refractivity contribution in [1.82, 2.24) is 10.3 Å². The van der Waals surface area contributed by atoms with Gasteiger partial charge in [-0.2, -0.15) is 0 Å². The number of fused-ring (bicyclic) bond motifs is 1. The van der Waals surface area contributed by atoms with E-state index in [-0.39, 0.29) is 0 Å². The minimum atomic E-state index is 0.724. The van der Waals surface area contributed by atoms with E-state index >= 15 is 0 Å². The third-order valence-corrected chi connectivity index (χ3v) is 3.64. The molecule has 0 amide bonds. The summed E-state index contributed by atoms with van der Waals surface area (Å²) in [5.41, 5.74) is 2.30. The first-order valence-electron chi connectivity index (χ1n) is 7.63. The maximum absolute atomic E-state index is 5.08. The lowest BCUT2D eigenvalue weighted by molar-refractivity contribution is 0.199. The molecule has 4 nitrogen and oxygen atoms in total. The third kappa shape index (κ3) is 3.93. The average Bonchev–Trinajstić information content (AvgIpc) is 2.52. The van der Waals surface area contributed by atoms with Gasteiger partial charge in [0.15, 0.2) is 0 Å². The summed E-state index contributed by atoms with van der Waals surface area (Å²) < 4.78 is 5.08. The van der Waals surface area contributed by atoms with E-state index in [0.717, 1.165) is 44.1 Å². The van der Waals surface area contributed by atoms with Gasteiger partial charge in [-0.15, -0.1) is 0 Å². The highest BCUT2D eigenvalue weighted by Gasteiger charge is 2.11. The fraction of sp³-hybridized carbons (Fsp3) is 0.471. The van der Waals surface area contributed by atoms with Crippen molar-refractivity contribution >= 4 is 16.7 Å². The minimum Gasteiger partial charge on any atom is -0.383 e. The summed E-state index contributed by atoms with van der Waals surface area (Å²) in [5.74, 6) is 1.09. The maximum Gasteiger partial charge on any atom is 0.133 e. The zero-order valence-electron chi connectivity index (χ0n) is 13.2. The van der Waals surface area contributed by atoms with Crippen LogP contribution < -0.4 is 10.2 Å². The lowest BCUT2D eigenvalue weighted by atomic mass is 10.1. The molecule has 0 aliphatic heterocycles. The standard InChI is InChI=1S/C17H25N3O/c1-4-20(5-2)17-15(13-18-10-11-21-3)12-14-8-6-7-9-16(14)19-17/h6-9,12,18H,4-5,10-11,13H2,1-3H3. The topological polar surface area (TPSA) is 37.4 Å². The molecular weight excluding hydrogens is 262 g/mol. The quantitative estimate of drug-likeness (QED) is 0.758. The molecular formula is C17H25N3O. The zero-order chi connectivity index (χ0) is 15.1. The first kappa shape index (κ1) is 15.7. The molecule has 1 aromatic heterocycles. The van der Waals surface area contributed by atoms with Crippen molar-refractivity contribution < 1.29 is 4.74 Å². The second-order valence-electron chi connectivity index (χ2n) is 5.01. The van der Waals surface area contributed by atoms with Crippen LogP contribution in [0.3, 0.4) is 0 Å². The highest BCUT2D eigenvalue weighted by molar-refractivity contribution is 5.81. The molecule has 2 rings (SSSR count).